The number of hydrogen-bond acceptors (Lipinski definition) is 5. The van der Waals surface area contributed by atoms with Gasteiger partial charge in [-0.1, -0.05) is 13.8 Å². The lowest BCUT2D eigenvalue weighted by Crippen LogP contribution is -2.42. The number of aryl methyl sites for hydroxylation is 2. The molecule has 2 aliphatic rings. The molecule has 0 bridgehead atoms. The number of carbonyl (C=O) groups is 2. The maximum Gasteiger partial charge on any atom is 0.274 e. The van der Waals surface area contributed by atoms with Crippen LogP contribution in [0.3, 0.4) is 0 Å². The molecule has 1 fully saturated rings. The van der Waals surface area contributed by atoms with Gasteiger partial charge < -0.3 is 19.5 Å². The van der Waals surface area contributed by atoms with Gasteiger partial charge in [-0.3, -0.25) is 14.3 Å². The van der Waals surface area contributed by atoms with Gasteiger partial charge in [0, 0.05) is 63.2 Å². The summed E-state index contributed by atoms with van der Waals surface area (Å²) in [6.07, 6.45) is 2.37. The molecule has 0 unspecified atom stereocenters. The average molecular weight is 497 g/mol. The molecule has 0 saturated carbocycles. The van der Waals surface area contributed by atoms with E-state index in [2.05, 4.69) is 23.8 Å². The third kappa shape index (κ3) is 5.13. The van der Waals surface area contributed by atoms with Crippen molar-refractivity contribution in [3.8, 4) is 0 Å². The van der Waals surface area contributed by atoms with E-state index in [9.17, 15) is 14.0 Å². The summed E-state index contributed by atoms with van der Waals surface area (Å²) in [5, 5.41) is 4.76. The van der Waals surface area contributed by atoms with Crippen LogP contribution >= 0.6 is 0 Å². The lowest BCUT2D eigenvalue weighted by Gasteiger charge is -2.29. The minimum atomic E-state index is -0.325. The highest BCUT2D eigenvalue weighted by Crippen LogP contribution is 2.26. The van der Waals surface area contributed by atoms with Crippen molar-refractivity contribution in [3.05, 3.63) is 46.8 Å². The fourth-order valence-electron chi connectivity index (χ4n) is 4.89. The highest BCUT2D eigenvalue weighted by Gasteiger charge is 2.32. The Hall–Kier alpha value is -3.27. The average Bonchev–Trinajstić information content (AvgIpc) is 3.46. The summed E-state index contributed by atoms with van der Waals surface area (Å²) in [6, 6.07) is 4.41. The monoisotopic (exact) mass is 496 g/mol. The summed E-state index contributed by atoms with van der Waals surface area (Å²) >= 11 is 0. The molecule has 36 heavy (non-hydrogen) atoms. The van der Waals surface area contributed by atoms with Crippen molar-refractivity contribution >= 4 is 22.8 Å². The number of benzene rings is 1. The van der Waals surface area contributed by atoms with Gasteiger partial charge in [0.25, 0.3) is 5.91 Å². The molecular weight excluding hydrogens is 463 g/mol. The zero-order valence-corrected chi connectivity index (χ0v) is 20.9. The maximum atomic E-state index is 13.5. The number of aromatic amines is 1. The first kappa shape index (κ1) is 24.4. The highest BCUT2D eigenvalue weighted by atomic mass is 19.1. The Morgan fingerprint density at radius 1 is 1.17 bits per heavy atom. The number of imidazole rings is 1. The van der Waals surface area contributed by atoms with Crippen molar-refractivity contribution < 1.29 is 18.7 Å². The molecule has 1 saturated heterocycles. The number of nitrogens with zero attached hydrogens (tertiary/aromatic N) is 5. The van der Waals surface area contributed by atoms with E-state index in [-0.39, 0.29) is 24.1 Å². The summed E-state index contributed by atoms with van der Waals surface area (Å²) in [5.74, 6) is 0.786. The Morgan fingerprint density at radius 3 is 2.75 bits per heavy atom. The molecule has 2 aliphatic heterocycles. The number of aromatic nitrogens is 4. The molecule has 1 N–H and O–H groups in total. The third-order valence-corrected chi connectivity index (χ3v) is 6.97. The van der Waals surface area contributed by atoms with Gasteiger partial charge in [-0.25, -0.2) is 9.37 Å². The van der Waals surface area contributed by atoms with Crippen molar-refractivity contribution in [2.75, 3.05) is 32.8 Å². The van der Waals surface area contributed by atoms with Crippen molar-refractivity contribution in [2.45, 2.75) is 52.6 Å². The van der Waals surface area contributed by atoms with Crippen LogP contribution in [0, 0.1) is 11.7 Å². The van der Waals surface area contributed by atoms with Gasteiger partial charge in [0.1, 0.15) is 11.6 Å². The van der Waals surface area contributed by atoms with Gasteiger partial charge in [0.2, 0.25) is 5.91 Å². The molecule has 192 valence electrons. The molecule has 1 aromatic carbocycles. The number of ether oxygens (including phenoxy) is 1. The fourth-order valence-corrected chi connectivity index (χ4v) is 4.89. The zero-order valence-electron chi connectivity index (χ0n) is 20.9. The van der Waals surface area contributed by atoms with E-state index in [0.29, 0.717) is 80.7 Å². The van der Waals surface area contributed by atoms with Gasteiger partial charge in [0.15, 0.2) is 5.69 Å². The van der Waals surface area contributed by atoms with Gasteiger partial charge in [-0.15, -0.1) is 0 Å². The Morgan fingerprint density at radius 2 is 1.97 bits per heavy atom. The minimum Gasteiger partial charge on any atom is -0.378 e. The number of carbonyl (C=O) groups excluding carboxylic acids is 2. The topological polar surface area (TPSA) is 96.3 Å². The second-order valence-electron chi connectivity index (χ2n) is 9.99. The van der Waals surface area contributed by atoms with Gasteiger partial charge in [-0.2, -0.15) is 5.10 Å². The highest BCUT2D eigenvalue weighted by molar-refractivity contribution is 5.94. The van der Waals surface area contributed by atoms with Crippen molar-refractivity contribution in [1.29, 1.82) is 0 Å². The molecule has 0 radical (unpaired) electrons. The zero-order chi connectivity index (χ0) is 25.2. The molecule has 0 aliphatic carbocycles. The Kier molecular flexibility index (Phi) is 7.04. The number of H-pyrrole nitrogens is 1. The molecule has 3 aromatic rings. The number of amides is 2. The number of rotatable bonds is 7. The minimum absolute atomic E-state index is 0.00647. The van der Waals surface area contributed by atoms with Crippen LogP contribution in [0.15, 0.2) is 18.2 Å². The fraction of sp³-hybridized carbons (Fsp3) is 0.538. The van der Waals surface area contributed by atoms with Crippen LogP contribution in [0.5, 0.6) is 0 Å². The third-order valence-electron chi connectivity index (χ3n) is 6.97. The second-order valence-corrected chi connectivity index (χ2v) is 9.99. The van der Waals surface area contributed by atoms with Crippen LogP contribution in [-0.2, 0) is 35.5 Å². The van der Waals surface area contributed by atoms with Gasteiger partial charge >= 0.3 is 0 Å². The molecule has 2 amide bonds. The number of fused-ring (bicyclic) bond motifs is 2. The largest absolute Gasteiger partial charge is 0.378 e. The van der Waals surface area contributed by atoms with Crippen LogP contribution in [0.2, 0.25) is 0 Å². The lowest BCUT2D eigenvalue weighted by molar-refractivity contribution is -0.132. The van der Waals surface area contributed by atoms with Crippen LogP contribution in [0.25, 0.3) is 11.0 Å². The van der Waals surface area contributed by atoms with E-state index >= 15 is 0 Å². The summed E-state index contributed by atoms with van der Waals surface area (Å²) in [4.78, 5) is 37.7. The smallest absolute Gasteiger partial charge is 0.274 e. The SMILES string of the molecule is CC(C)CCn1nc(C(=O)N2CCOCC2)c2c1CCN(C(=O)CCc1nc3ccc(F)cc3[nH]1)C2. The van der Waals surface area contributed by atoms with Crippen LogP contribution < -0.4 is 0 Å². The van der Waals surface area contributed by atoms with Crippen LogP contribution in [0.4, 0.5) is 4.39 Å². The number of halogens is 1. The molecule has 0 spiro atoms. The Labute approximate surface area is 209 Å². The van der Waals surface area contributed by atoms with E-state index in [1.165, 1.54) is 12.1 Å². The second kappa shape index (κ2) is 10.4. The van der Waals surface area contributed by atoms with E-state index in [4.69, 9.17) is 9.84 Å². The summed E-state index contributed by atoms with van der Waals surface area (Å²) < 4.78 is 20.9. The molecule has 2 aromatic heterocycles. The quantitative estimate of drug-likeness (QED) is 0.543. The number of hydrogen-bond donors (Lipinski definition) is 1. The van der Waals surface area contributed by atoms with Crippen LogP contribution in [0.1, 0.15) is 54.3 Å². The van der Waals surface area contributed by atoms with Gasteiger partial charge in [0.05, 0.1) is 24.2 Å². The first-order chi connectivity index (χ1) is 17.4. The van der Waals surface area contributed by atoms with E-state index < -0.39 is 0 Å². The molecule has 9 nitrogen and oxygen atoms in total. The first-order valence-electron chi connectivity index (χ1n) is 12.8. The van der Waals surface area contributed by atoms with Crippen LogP contribution in [-0.4, -0.2) is 74.2 Å². The number of morpholine rings is 1. The molecular formula is C26H33FN6O3. The molecule has 10 heteroatoms. The molecule has 4 heterocycles. The predicted molar refractivity (Wildman–Crippen MR) is 132 cm³/mol. The Balaban J connectivity index is 1.31. The number of nitrogens with one attached hydrogen (secondary N) is 1. The van der Waals surface area contributed by atoms with Crippen molar-refractivity contribution in [2.24, 2.45) is 5.92 Å². The predicted octanol–water partition coefficient (Wildman–Crippen LogP) is 2.93. The normalized spacial score (nSPS) is 16.1. The summed E-state index contributed by atoms with van der Waals surface area (Å²) in [5.41, 5.74) is 3.71. The summed E-state index contributed by atoms with van der Waals surface area (Å²) in [6.45, 7) is 8.25. The standard InChI is InChI=1S/C26H33FN6O3/c1-17(2)7-10-33-22-8-9-32(16-19(22)25(30-33)26(35)31-11-13-36-14-12-31)24(34)6-5-23-28-20-4-3-18(27)15-21(20)29-23/h3-4,15,17H,5-14,16H2,1-2H3,(H,28,29). The first-order valence-corrected chi connectivity index (χ1v) is 12.8. The lowest BCUT2D eigenvalue weighted by atomic mass is 10.0. The summed E-state index contributed by atoms with van der Waals surface area (Å²) in [7, 11) is 0. The van der Waals surface area contributed by atoms with Crippen molar-refractivity contribution in [1.82, 2.24) is 29.5 Å². The maximum absolute atomic E-state index is 13.5. The van der Waals surface area contributed by atoms with E-state index in [0.717, 1.165) is 24.2 Å². The van der Waals surface area contributed by atoms with Crippen molar-refractivity contribution in [3.63, 3.8) is 0 Å². The Bertz CT molecular complexity index is 1260. The molecule has 5 rings (SSSR count). The van der Waals surface area contributed by atoms with Gasteiger partial charge in [-0.05, 0) is 30.5 Å². The molecule has 0 atom stereocenters. The van der Waals surface area contributed by atoms with E-state index in [1.54, 1.807) is 11.0 Å². The van der Waals surface area contributed by atoms with E-state index in [1.807, 2.05) is 9.58 Å².